The number of benzene rings is 2. The number of aliphatic hydroxyl groups excluding tert-OH is 1. The fourth-order valence-corrected chi connectivity index (χ4v) is 1.85. The van der Waals surface area contributed by atoms with Crippen LogP contribution in [0.4, 0.5) is 17.6 Å². The van der Waals surface area contributed by atoms with E-state index < -0.39 is 24.2 Å². The van der Waals surface area contributed by atoms with Crippen molar-refractivity contribution in [1.82, 2.24) is 0 Å². The van der Waals surface area contributed by atoms with Gasteiger partial charge in [0.25, 0.3) is 0 Å². The minimum Gasteiger partial charge on any atom is -0.392 e. The molecule has 0 heterocycles. The summed E-state index contributed by atoms with van der Waals surface area (Å²) in [4.78, 5) is 0. The summed E-state index contributed by atoms with van der Waals surface area (Å²) in [5.41, 5.74) is -0.218. The second-order valence-electron chi connectivity index (χ2n) is 4.04. The maximum atomic E-state index is 13.1. The van der Waals surface area contributed by atoms with Crippen molar-refractivity contribution < 1.29 is 22.7 Å². The Labute approximate surface area is 107 Å². The summed E-state index contributed by atoms with van der Waals surface area (Å²) in [6, 6.07) is 8.91. The predicted molar refractivity (Wildman–Crippen MR) is 62.8 cm³/mol. The van der Waals surface area contributed by atoms with Crippen LogP contribution in [-0.2, 0) is 12.8 Å². The van der Waals surface area contributed by atoms with E-state index in [2.05, 4.69) is 0 Å². The fourth-order valence-electron chi connectivity index (χ4n) is 1.85. The van der Waals surface area contributed by atoms with Crippen LogP contribution in [0.25, 0.3) is 11.1 Å². The molecule has 100 valence electrons. The first-order valence-corrected chi connectivity index (χ1v) is 5.49. The summed E-state index contributed by atoms with van der Waals surface area (Å²) in [5.74, 6) is -0.469. The molecular weight excluding hydrogens is 260 g/mol. The van der Waals surface area contributed by atoms with Crippen molar-refractivity contribution in [3.05, 3.63) is 59.4 Å². The molecule has 0 aliphatic rings. The Hall–Kier alpha value is -1.88. The highest BCUT2D eigenvalue weighted by Crippen LogP contribution is 2.34. The van der Waals surface area contributed by atoms with E-state index in [1.807, 2.05) is 0 Å². The van der Waals surface area contributed by atoms with Crippen LogP contribution >= 0.6 is 0 Å². The summed E-state index contributed by atoms with van der Waals surface area (Å²) in [5, 5.41) is 9.03. The van der Waals surface area contributed by atoms with Gasteiger partial charge in [0.2, 0.25) is 0 Å². The summed E-state index contributed by atoms with van der Waals surface area (Å²) in [6.07, 6.45) is -4.52. The number of alkyl halides is 3. The zero-order chi connectivity index (χ0) is 14.0. The van der Waals surface area contributed by atoms with Gasteiger partial charge in [-0.05, 0) is 41.0 Å². The monoisotopic (exact) mass is 270 g/mol. The Bertz CT molecular complexity index is 590. The van der Waals surface area contributed by atoms with E-state index >= 15 is 0 Å². The van der Waals surface area contributed by atoms with Crippen molar-refractivity contribution in [2.45, 2.75) is 12.8 Å². The van der Waals surface area contributed by atoms with Crippen LogP contribution in [0.1, 0.15) is 11.1 Å². The average Bonchev–Trinajstić information content (AvgIpc) is 2.37. The average molecular weight is 270 g/mol. The van der Waals surface area contributed by atoms with Crippen molar-refractivity contribution in [2.24, 2.45) is 0 Å². The molecule has 0 aliphatic heterocycles. The molecule has 0 bridgehead atoms. The highest BCUT2D eigenvalue weighted by atomic mass is 19.4. The van der Waals surface area contributed by atoms with E-state index in [0.717, 1.165) is 6.07 Å². The molecule has 0 amide bonds. The lowest BCUT2D eigenvalue weighted by molar-refractivity contribution is -0.138. The lowest BCUT2D eigenvalue weighted by Crippen LogP contribution is -2.09. The molecule has 0 aliphatic carbocycles. The molecule has 19 heavy (non-hydrogen) atoms. The van der Waals surface area contributed by atoms with Crippen LogP contribution in [0.5, 0.6) is 0 Å². The highest BCUT2D eigenvalue weighted by molar-refractivity contribution is 5.65. The Morgan fingerprint density at radius 1 is 0.947 bits per heavy atom. The maximum Gasteiger partial charge on any atom is 0.416 e. The molecule has 2 aromatic carbocycles. The second kappa shape index (κ2) is 5.01. The molecular formula is C14H10F4O. The van der Waals surface area contributed by atoms with Crippen LogP contribution in [0.3, 0.4) is 0 Å². The van der Waals surface area contributed by atoms with Gasteiger partial charge in [-0.1, -0.05) is 18.2 Å². The summed E-state index contributed by atoms with van der Waals surface area (Å²) in [7, 11) is 0. The molecule has 0 atom stereocenters. The van der Waals surface area contributed by atoms with E-state index in [1.165, 1.54) is 30.3 Å². The zero-order valence-electron chi connectivity index (χ0n) is 9.71. The number of aliphatic hydroxyl groups is 1. The van der Waals surface area contributed by atoms with E-state index in [9.17, 15) is 17.6 Å². The number of rotatable bonds is 2. The van der Waals surface area contributed by atoms with Crippen LogP contribution in [0.2, 0.25) is 0 Å². The third kappa shape index (κ3) is 2.93. The molecule has 0 saturated heterocycles. The van der Waals surface area contributed by atoms with Crippen molar-refractivity contribution in [1.29, 1.82) is 0 Å². The van der Waals surface area contributed by atoms with E-state index in [0.29, 0.717) is 11.1 Å². The minimum atomic E-state index is -4.52. The molecule has 0 unspecified atom stereocenters. The van der Waals surface area contributed by atoms with Gasteiger partial charge >= 0.3 is 6.18 Å². The zero-order valence-corrected chi connectivity index (χ0v) is 9.71. The number of halogens is 4. The van der Waals surface area contributed by atoms with Crippen molar-refractivity contribution in [2.75, 3.05) is 0 Å². The van der Waals surface area contributed by atoms with Gasteiger partial charge < -0.3 is 5.11 Å². The van der Waals surface area contributed by atoms with Gasteiger partial charge in [-0.3, -0.25) is 0 Å². The van der Waals surface area contributed by atoms with Gasteiger partial charge in [-0.2, -0.15) is 13.2 Å². The topological polar surface area (TPSA) is 20.2 Å². The number of hydrogen-bond acceptors (Lipinski definition) is 1. The largest absolute Gasteiger partial charge is 0.416 e. The smallest absolute Gasteiger partial charge is 0.392 e. The van der Waals surface area contributed by atoms with Gasteiger partial charge in [0, 0.05) is 0 Å². The Morgan fingerprint density at radius 2 is 1.63 bits per heavy atom. The SMILES string of the molecule is OCc1cc(-c2cccc(F)c2)ccc1C(F)(F)F. The first kappa shape index (κ1) is 13.5. The van der Waals surface area contributed by atoms with Crippen molar-refractivity contribution in [3.8, 4) is 11.1 Å². The molecule has 0 saturated carbocycles. The maximum absolute atomic E-state index is 13.1. The third-order valence-electron chi connectivity index (χ3n) is 2.74. The van der Waals surface area contributed by atoms with Gasteiger partial charge in [-0.25, -0.2) is 4.39 Å². The van der Waals surface area contributed by atoms with Gasteiger partial charge in [-0.15, -0.1) is 0 Å². The standard InChI is InChI=1S/C14H10F4O/c15-12-3-1-2-9(7-12)10-4-5-13(14(16,17)18)11(6-10)8-19/h1-7,19H,8H2. The fraction of sp³-hybridized carbons (Fsp3) is 0.143. The minimum absolute atomic E-state index is 0.228. The van der Waals surface area contributed by atoms with Crippen molar-refractivity contribution >= 4 is 0 Å². The van der Waals surface area contributed by atoms with Gasteiger partial charge in [0.15, 0.2) is 0 Å². The summed E-state index contributed by atoms with van der Waals surface area (Å²) in [6.45, 7) is -0.724. The molecule has 2 rings (SSSR count). The van der Waals surface area contributed by atoms with Gasteiger partial charge in [0.1, 0.15) is 5.82 Å². The molecule has 2 aromatic rings. The van der Waals surface area contributed by atoms with Gasteiger partial charge in [0.05, 0.1) is 12.2 Å². The van der Waals surface area contributed by atoms with Crippen LogP contribution in [-0.4, -0.2) is 5.11 Å². The second-order valence-corrected chi connectivity index (χ2v) is 4.04. The number of hydrogen-bond donors (Lipinski definition) is 1. The molecule has 0 radical (unpaired) electrons. The highest BCUT2D eigenvalue weighted by Gasteiger charge is 2.33. The Balaban J connectivity index is 2.51. The van der Waals surface area contributed by atoms with E-state index in [4.69, 9.17) is 5.11 Å². The summed E-state index contributed by atoms with van der Waals surface area (Å²) >= 11 is 0. The van der Waals surface area contributed by atoms with E-state index in [1.54, 1.807) is 6.07 Å². The molecule has 0 spiro atoms. The van der Waals surface area contributed by atoms with Crippen molar-refractivity contribution in [3.63, 3.8) is 0 Å². The van der Waals surface area contributed by atoms with E-state index in [-0.39, 0.29) is 5.56 Å². The van der Waals surface area contributed by atoms with Crippen LogP contribution in [0, 0.1) is 5.82 Å². The predicted octanol–water partition coefficient (Wildman–Crippen LogP) is 4.00. The van der Waals surface area contributed by atoms with Crippen LogP contribution < -0.4 is 0 Å². The molecule has 5 heteroatoms. The lowest BCUT2D eigenvalue weighted by Gasteiger charge is -2.13. The molecule has 0 fully saturated rings. The summed E-state index contributed by atoms with van der Waals surface area (Å²) < 4.78 is 51.1. The normalized spacial score (nSPS) is 11.6. The molecule has 1 N–H and O–H groups in total. The first-order valence-electron chi connectivity index (χ1n) is 5.49. The Kier molecular flexibility index (Phi) is 3.57. The quantitative estimate of drug-likeness (QED) is 0.818. The third-order valence-corrected chi connectivity index (χ3v) is 2.74. The lowest BCUT2D eigenvalue weighted by atomic mass is 9.99. The molecule has 0 aromatic heterocycles. The first-order chi connectivity index (χ1) is 8.91. The van der Waals surface area contributed by atoms with Crippen LogP contribution in [0.15, 0.2) is 42.5 Å². The molecule has 1 nitrogen and oxygen atoms in total. The Morgan fingerprint density at radius 3 is 2.21 bits per heavy atom.